The standard InChI is InChI=1S/C20H34N2/c1-3-19-9-6-11-22-12-10-20(18(19)22)15-7-4-5-8-16(15)21-17(20)14(2)13-19/h14-18,21H,3-13H2,1-2H3/t14?,15?,16?,17?,18?,19?,20-/m0/s1. The van der Waals surface area contributed by atoms with Crippen LogP contribution in [0.5, 0.6) is 0 Å². The van der Waals surface area contributed by atoms with Gasteiger partial charge in [0.2, 0.25) is 0 Å². The molecule has 0 bridgehead atoms. The van der Waals surface area contributed by atoms with Crippen LogP contribution in [0, 0.1) is 22.7 Å². The fourth-order valence-corrected chi connectivity index (χ4v) is 8.40. The quantitative estimate of drug-likeness (QED) is 0.792. The van der Waals surface area contributed by atoms with Crippen LogP contribution in [0.3, 0.4) is 0 Å². The summed E-state index contributed by atoms with van der Waals surface area (Å²) < 4.78 is 0. The molecule has 6 unspecified atom stereocenters. The maximum absolute atomic E-state index is 4.21. The number of hydrogen-bond donors (Lipinski definition) is 1. The summed E-state index contributed by atoms with van der Waals surface area (Å²) in [6, 6.07) is 2.60. The Balaban J connectivity index is 1.64. The van der Waals surface area contributed by atoms with E-state index in [2.05, 4.69) is 24.1 Å². The first-order valence-corrected chi connectivity index (χ1v) is 10.2. The van der Waals surface area contributed by atoms with E-state index in [0.29, 0.717) is 10.8 Å². The minimum atomic E-state index is 0.638. The SMILES string of the molecule is CCC12CCCN3CC[C@@]4(C5CCCCC5NC4C(C)C1)C32. The molecule has 22 heavy (non-hydrogen) atoms. The number of piperidine rings is 1. The average molecular weight is 303 g/mol. The van der Waals surface area contributed by atoms with Gasteiger partial charge in [0.15, 0.2) is 0 Å². The second kappa shape index (κ2) is 4.72. The van der Waals surface area contributed by atoms with Gasteiger partial charge in [0.05, 0.1) is 0 Å². The van der Waals surface area contributed by atoms with Crippen molar-refractivity contribution in [2.75, 3.05) is 13.1 Å². The molecule has 0 aromatic heterocycles. The van der Waals surface area contributed by atoms with Gasteiger partial charge in [-0.15, -0.1) is 0 Å². The largest absolute Gasteiger partial charge is 0.310 e. The van der Waals surface area contributed by atoms with E-state index >= 15 is 0 Å². The smallest absolute Gasteiger partial charge is 0.0227 e. The first-order valence-electron chi connectivity index (χ1n) is 10.2. The molecule has 0 aromatic carbocycles. The molecule has 3 saturated heterocycles. The third kappa shape index (κ3) is 1.55. The van der Waals surface area contributed by atoms with Crippen molar-refractivity contribution in [2.24, 2.45) is 22.7 Å². The number of hydrogen-bond acceptors (Lipinski definition) is 2. The van der Waals surface area contributed by atoms with Crippen LogP contribution in [-0.2, 0) is 0 Å². The van der Waals surface area contributed by atoms with Gasteiger partial charge in [0.25, 0.3) is 0 Å². The van der Waals surface area contributed by atoms with E-state index in [1.165, 1.54) is 70.9 Å². The first-order chi connectivity index (χ1) is 10.7. The second-order valence-electron chi connectivity index (χ2n) is 9.44. The molecular formula is C20H34N2. The maximum Gasteiger partial charge on any atom is 0.0227 e. The van der Waals surface area contributed by atoms with Crippen molar-refractivity contribution in [1.82, 2.24) is 10.2 Å². The van der Waals surface area contributed by atoms with Gasteiger partial charge in [-0.1, -0.05) is 26.7 Å². The van der Waals surface area contributed by atoms with Crippen molar-refractivity contribution in [3.05, 3.63) is 0 Å². The molecule has 3 aliphatic heterocycles. The summed E-state index contributed by atoms with van der Waals surface area (Å²) >= 11 is 0. The summed E-state index contributed by atoms with van der Waals surface area (Å²) in [5.41, 5.74) is 1.29. The van der Waals surface area contributed by atoms with E-state index < -0.39 is 0 Å². The Bertz CT molecular complexity index is 459. The number of fused-ring (bicyclic) bond motifs is 1. The molecule has 0 amide bonds. The molecular weight excluding hydrogens is 268 g/mol. The predicted octanol–water partition coefficient (Wildman–Crippen LogP) is 3.81. The molecule has 5 fully saturated rings. The number of nitrogens with zero attached hydrogens (tertiary/aromatic N) is 1. The van der Waals surface area contributed by atoms with Crippen LogP contribution in [0.4, 0.5) is 0 Å². The molecule has 2 saturated carbocycles. The van der Waals surface area contributed by atoms with Gasteiger partial charge in [-0.05, 0) is 75.3 Å². The minimum absolute atomic E-state index is 0.638. The molecule has 0 aromatic rings. The van der Waals surface area contributed by atoms with Crippen molar-refractivity contribution < 1.29 is 0 Å². The molecule has 3 heterocycles. The second-order valence-corrected chi connectivity index (χ2v) is 9.44. The molecule has 2 aliphatic carbocycles. The molecule has 1 N–H and O–H groups in total. The molecule has 5 aliphatic rings. The summed E-state index contributed by atoms with van der Waals surface area (Å²) in [7, 11) is 0. The highest BCUT2D eigenvalue weighted by molar-refractivity contribution is 5.24. The molecule has 1 spiro atoms. The summed E-state index contributed by atoms with van der Waals surface area (Å²) in [4.78, 5) is 2.96. The van der Waals surface area contributed by atoms with E-state index in [0.717, 1.165) is 30.0 Å². The van der Waals surface area contributed by atoms with E-state index in [4.69, 9.17) is 0 Å². The minimum Gasteiger partial charge on any atom is -0.310 e. The molecule has 124 valence electrons. The van der Waals surface area contributed by atoms with E-state index in [1.807, 2.05) is 0 Å². The van der Waals surface area contributed by atoms with Crippen molar-refractivity contribution >= 4 is 0 Å². The number of nitrogens with one attached hydrogen (secondary N) is 1. The van der Waals surface area contributed by atoms with Crippen molar-refractivity contribution in [2.45, 2.75) is 89.8 Å². The van der Waals surface area contributed by atoms with E-state index in [1.54, 1.807) is 0 Å². The van der Waals surface area contributed by atoms with Crippen molar-refractivity contribution in [1.29, 1.82) is 0 Å². The third-order valence-electron chi connectivity index (χ3n) is 8.84. The molecule has 0 radical (unpaired) electrons. The van der Waals surface area contributed by atoms with Gasteiger partial charge in [-0.25, -0.2) is 0 Å². The topological polar surface area (TPSA) is 15.3 Å². The monoisotopic (exact) mass is 302 g/mol. The van der Waals surface area contributed by atoms with Crippen LogP contribution in [0.2, 0.25) is 0 Å². The molecule has 2 heteroatoms. The van der Waals surface area contributed by atoms with E-state index in [-0.39, 0.29) is 0 Å². The molecule has 2 nitrogen and oxygen atoms in total. The van der Waals surface area contributed by atoms with Crippen molar-refractivity contribution in [3.8, 4) is 0 Å². The summed E-state index contributed by atoms with van der Waals surface area (Å²) in [6.45, 7) is 7.89. The lowest BCUT2D eigenvalue weighted by atomic mass is 9.47. The van der Waals surface area contributed by atoms with Gasteiger partial charge in [-0.2, -0.15) is 0 Å². The van der Waals surface area contributed by atoms with Crippen LogP contribution >= 0.6 is 0 Å². The lowest BCUT2D eigenvalue weighted by Crippen LogP contribution is -2.65. The Hall–Kier alpha value is -0.0800. The molecule has 7 atom stereocenters. The maximum atomic E-state index is 4.21. The fraction of sp³-hybridized carbons (Fsp3) is 1.00. The average Bonchev–Trinajstić information content (AvgIpc) is 3.10. The van der Waals surface area contributed by atoms with Crippen LogP contribution < -0.4 is 5.32 Å². The zero-order valence-corrected chi connectivity index (χ0v) is 14.6. The fourth-order valence-electron chi connectivity index (χ4n) is 8.40. The third-order valence-corrected chi connectivity index (χ3v) is 8.84. The lowest BCUT2D eigenvalue weighted by Gasteiger charge is -2.61. The lowest BCUT2D eigenvalue weighted by molar-refractivity contribution is -0.100. The Morgan fingerprint density at radius 1 is 1.09 bits per heavy atom. The zero-order valence-electron chi connectivity index (χ0n) is 14.6. The predicted molar refractivity (Wildman–Crippen MR) is 90.8 cm³/mol. The Morgan fingerprint density at radius 2 is 1.95 bits per heavy atom. The number of rotatable bonds is 1. The summed E-state index contributed by atoms with van der Waals surface area (Å²) in [6.07, 6.45) is 13.3. The Morgan fingerprint density at radius 3 is 2.82 bits per heavy atom. The van der Waals surface area contributed by atoms with Gasteiger partial charge >= 0.3 is 0 Å². The summed E-state index contributed by atoms with van der Waals surface area (Å²) in [5.74, 6) is 1.88. The van der Waals surface area contributed by atoms with Crippen LogP contribution in [0.25, 0.3) is 0 Å². The Labute approximate surface area is 136 Å². The van der Waals surface area contributed by atoms with Crippen LogP contribution in [-0.4, -0.2) is 36.1 Å². The highest BCUT2D eigenvalue weighted by atomic mass is 15.3. The summed E-state index contributed by atoms with van der Waals surface area (Å²) in [5, 5.41) is 4.21. The van der Waals surface area contributed by atoms with Crippen molar-refractivity contribution in [3.63, 3.8) is 0 Å². The molecule has 5 rings (SSSR count). The normalized spacial score (nSPS) is 57.3. The van der Waals surface area contributed by atoms with Gasteiger partial charge in [0, 0.05) is 23.5 Å². The van der Waals surface area contributed by atoms with E-state index in [9.17, 15) is 0 Å². The highest BCUT2D eigenvalue weighted by Gasteiger charge is 2.70. The van der Waals surface area contributed by atoms with Gasteiger partial charge in [0.1, 0.15) is 0 Å². The highest BCUT2D eigenvalue weighted by Crippen LogP contribution is 2.67. The Kier molecular flexibility index (Phi) is 3.07. The zero-order chi connectivity index (χ0) is 14.9. The van der Waals surface area contributed by atoms with Gasteiger partial charge < -0.3 is 5.32 Å². The first kappa shape index (κ1) is 14.3. The van der Waals surface area contributed by atoms with Crippen LogP contribution in [0.1, 0.15) is 71.6 Å². The van der Waals surface area contributed by atoms with Gasteiger partial charge in [-0.3, -0.25) is 4.90 Å². The van der Waals surface area contributed by atoms with Crippen LogP contribution in [0.15, 0.2) is 0 Å².